The molecular weight excluding hydrogens is 294 g/mol. The van der Waals surface area contributed by atoms with Crippen LogP contribution in [0.4, 0.5) is 0 Å². The molecule has 0 heterocycles. The maximum Gasteiger partial charge on any atom is 0.156 e. The summed E-state index contributed by atoms with van der Waals surface area (Å²) in [5.41, 5.74) is 1.92. The Labute approximate surface area is 146 Å². The van der Waals surface area contributed by atoms with Crippen molar-refractivity contribution in [3.63, 3.8) is 0 Å². The maximum absolute atomic E-state index is 11.9. The zero-order valence-corrected chi connectivity index (χ0v) is 15.1. The summed E-state index contributed by atoms with van der Waals surface area (Å²) >= 11 is 0. The average Bonchev–Trinajstić information content (AvgIpc) is 2.90. The number of rotatable bonds is 2. The van der Waals surface area contributed by atoms with Crippen LogP contribution in [0.25, 0.3) is 0 Å². The number of hydrogen-bond donors (Lipinski definition) is 0. The fourth-order valence-electron chi connectivity index (χ4n) is 6.82. The fraction of sp³-hybridized carbons (Fsp3) is 0.727. The molecule has 0 amide bonds. The van der Waals surface area contributed by atoms with Crippen LogP contribution in [0, 0.1) is 45.8 Å². The second-order valence-corrected chi connectivity index (χ2v) is 9.15. The lowest BCUT2D eigenvalue weighted by molar-refractivity contribution is -0.116. The van der Waals surface area contributed by atoms with E-state index in [0.29, 0.717) is 29.5 Å². The summed E-state index contributed by atoms with van der Waals surface area (Å²) in [6, 6.07) is 2.36. The van der Waals surface area contributed by atoms with Gasteiger partial charge in [-0.3, -0.25) is 4.79 Å². The second-order valence-electron chi connectivity index (χ2n) is 9.15. The third-order valence-electron chi connectivity index (χ3n) is 8.32. The van der Waals surface area contributed by atoms with E-state index < -0.39 is 0 Å². The molecule has 0 spiro atoms. The van der Waals surface area contributed by atoms with Gasteiger partial charge in [0.05, 0.1) is 6.07 Å². The first-order chi connectivity index (χ1) is 11.5. The lowest BCUT2D eigenvalue weighted by Crippen LogP contribution is -2.48. The Morgan fingerprint density at radius 1 is 1.21 bits per heavy atom. The van der Waals surface area contributed by atoms with Gasteiger partial charge in [0.2, 0.25) is 0 Å². The third kappa shape index (κ3) is 2.17. The lowest BCUT2D eigenvalue weighted by Gasteiger charge is -2.56. The first-order valence-electron chi connectivity index (χ1n) is 9.79. The molecule has 24 heavy (non-hydrogen) atoms. The second kappa shape index (κ2) is 5.58. The number of hydrogen-bond acceptors (Lipinski definition) is 2. The zero-order valence-electron chi connectivity index (χ0n) is 15.1. The standard InChI is InChI=1S/C22H29NO/c1-21-12-10-20-18(19(21)8-6-15(21)4-3-13-23)7-5-16-14-17(24)9-11-22(16,20)2/h5,7,14-15,18-20H,3-4,6,8-12H2,1-2H3/t15-,18?,19?,20?,21+,22-/m0/s1. The van der Waals surface area contributed by atoms with E-state index >= 15 is 0 Å². The predicted molar refractivity (Wildman–Crippen MR) is 95.0 cm³/mol. The molecule has 0 radical (unpaired) electrons. The molecule has 128 valence electrons. The molecule has 6 atom stereocenters. The van der Waals surface area contributed by atoms with E-state index in [2.05, 4.69) is 32.1 Å². The Bertz CT molecular complexity index is 653. The van der Waals surface area contributed by atoms with Crippen molar-refractivity contribution < 1.29 is 4.79 Å². The summed E-state index contributed by atoms with van der Waals surface area (Å²) in [6.45, 7) is 4.92. The van der Waals surface area contributed by atoms with Gasteiger partial charge in [-0.25, -0.2) is 0 Å². The molecule has 2 saturated carbocycles. The van der Waals surface area contributed by atoms with Crippen molar-refractivity contribution in [1.29, 1.82) is 5.26 Å². The van der Waals surface area contributed by atoms with E-state index in [1.54, 1.807) is 0 Å². The monoisotopic (exact) mass is 323 g/mol. The van der Waals surface area contributed by atoms with Crippen molar-refractivity contribution >= 4 is 5.78 Å². The summed E-state index contributed by atoms with van der Waals surface area (Å²) in [5.74, 6) is 3.19. The summed E-state index contributed by atoms with van der Waals surface area (Å²) in [6.07, 6.45) is 15.4. The number of nitriles is 1. The minimum absolute atomic E-state index is 0.208. The third-order valence-corrected chi connectivity index (χ3v) is 8.32. The highest BCUT2D eigenvalue weighted by molar-refractivity contribution is 5.92. The normalized spacial score (nSPS) is 46.5. The Hall–Kier alpha value is -1.36. The van der Waals surface area contributed by atoms with E-state index in [4.69, 9.17) is 5.26 Å². The molecule has 4 rings (SSSR count). The van der Waals surface area contributed by atoms with Crippen LogP contribution >= 0.6 is 0 Å². The summed E-state index contributed by atoms with van der Waals surface area (Å²) in [4.78, 5) is 11.9. The van der Waals surface area contributed by atoms with Crippen molar-refractivity contribution in [3.8, 4) is 6.07 Å². The smallest absolute Gasteiger partial charge is 0.156 e. The van der Waals surface area contributed by atoms with Gasteiger partial charge in [0.1, 0.15) is 0 Å². The predicted octanol–water partition coefficient (Wildman–Crippen LogP) is 5.21. The minimum atomic E-state index is 0.208. The number of carbonyl (C=O) groups excluding carboxylic acids is 1. The molecule has 2 heteroatoms. The van der Waals surface area contributed by atoms with E-state index in [9.17, 15) is 4.79 Å². The van der Waals surface area contributed by atoms with Gasteiger partial charge in [-0.2, -0.15) is 5.26 Å². The molecular formula is C22H29NO. The molecule has 4 aliphatic carbocycles. The highest BCUT2D eigenvalue weighted by Gasteiger charge is 2.57. The van der Waals surface area contributed by atoms with Crippen LogP contribution in [0.5, 0.6) is 0 Å². The van der Waals surface area contributed by atoms with Crippen LogP contribution in [0.1, 0.15) is 65.2 Å². The van der Waals surface area contributed by atoms with Crippen LogP contribution in [0.3, 0.4) is 0 Å². The van der Waals surface area contributed by atoms with Gasteiger partial charge in [0.25, 0.3) is 0 Å². The van der Waals surface area contributed by atoms with Gasteiger partial charge in [-0.05, 0) is 84.7 Å². The first kappa shape index (κ1) is 16.1. The maximum atomic E-state index is 11.9. The van der Waals surface area contributed by atoms with Gasteiger partial charge in [-0.15, -0.1) is 0 Å². The molecule has 0 aromatic carbocycles. The minimum Gasteiger partial charge on any atom is -0.295 e. The van der Waals surface area contributed by atoms with Crippen molar-refractivity contribution in [2.24, 2.45) is 34.5 Å². The molecule has 0 aliphatic heterocycles. The summed E-state index contributed by atoms with van der Waals surface area (Å²) in [5, 5.41) is 8.98. The van der Waals surface area contributed by atoms with Crippen LogP contribution in [0.2, 0.25) is 0 Å². The van der Waals surface area contributed by atoms with Crippen LogP contribution < -0.4 is 0 Å². The van der Waals surface area contributed by atoms with Crippen molar-refractivity contribution in [2.75, 3.05) is 0 Å². The molecule has 2 fully saturated rings. The number of allylic oxidation sites excluding steroid dienone is 4. The largest absolute Gasteiger partial charge is 0.295 e. The molecule has 0 aromatic heterocycles. The van der Waals surface area contributed by atoms with Crippen molar-refractivity contribution in [2.45, 2.75) is 65.2 Å². The van der Waals surface area contributed by atoms with Gasteiger partial charge < -0.3 is 0 Å². The van der Waals surface area contributed by atoms with E-state index in [0.717, 1.165) is 31.1 Å². The fourth-order valence-corrected chi connectivity index (χ4v) is 6.82. The molecule has 0 N–H and O–H groups in total. The van der Waals surface area contributed by atoms with Crippen molar-refractivity contribution in [1.82, 2.24) is 0 Å². The van der Waals surface area contributed by atoms with Gasteiger partial charge >= 0.3 is 0 Å². The number of ketones is 1. The quantitative estimate of drug-likeness (QED) is 0.699. The van der Waals surface area contributed by atoms with Crippen LogP contribution in [-0.4, -0.2) is 5.78 Å². The Kier molecular flexibility index (Phi) is 3.75. The topological polar surface area (TPSA) is 40.9 Å². The van der Waals surface area contributed by atoms with Gasteiger partial charge in [0.15, 0.2) is 5.78 Å². The van der Waals surface area contributed by atoms with Gasteiger partial charge in [0, 0.05) is 12.8 Å². The number of carbonyl (C=O) groups is 1. The number of fused-ring (bicyclic) bond motifs is 5. The van der Waals surface area contributed by atoms with Crippen LogP contribution in [0.15, 0.2) is 23.8 Å². The zero-order chi connectivity index (χ0) is 16.9. The van der Waals surface area contributed by atoms with Gasteiger partial charge in [-0.1, -0.05) is 26.0 Å². The molecule has 0 bridgehead atoms. The highest BCUT2D eigenvalue weighted by Crippen LogP contribution is 2.65. The van der Waals surface area contributed by atoms with E-state index in [1.165, 1.54) is 31.3 Å². The first-order valence-corrected chi connectivity index (χ1v) is 9.79. The van der Waals surface area contributed by atoms with E-state index in [1.807, 2.05) is 6.08 Å². The lowest BCUT2D eigenvalue weighted by atomic mass is 9.48. The molecule has 2 nitrogen and oxygen atoms in total. The number of nitrogens with zero attached hydrogens (tertiary/aromatic N) is 1. The summed E-state index contributed by atoms with van der Waals surface area (Å²) in [7, 11) is 0. The molecule has 3 unspecified atom stereocenters. The van der Waals surface area contributed by atoms with E-state index in [-0.39, 0.29) is 5.41 Å². The molecule has 0 aromatic rings. The summed E-state index contributed by atoms with van der Waals surface area (Å²) < 4.78 is 0. The Balaban J connectivity index is 1.65. The van der Waals surface area contributed by atoms with Crippen LogP contribution in [-0.2, 0) is 4.79 Å². The SMILES string of the molecule is C[C@]12CCC(=O)C=C1C=CC1C2CC[C@@]2(C)C1CC[C@@H]2CCC#N. The Morgan fingerprint density at radius 2 is 2.04 bits per heavy atom. The van der Waals surface area contributed by atoms with Crippen molar-refractivity contribution in [3.05, 3.63) is 23.8 Å². The Morgan fingerprint density at radius 3 is 2.83 bits per heavy atom. The average molecular weight is 323 g/mol. The molecule has 4 aliphatic rings. The molecule has 0 saturated heterocycles. The highest BCUT2D eigenvalue weighted by atomic mass is 16.1.